The third kappa shape index (κ3) is 2.95. The van der Waals surface area contributed by atoms with E-state index in [1.54, 1.807) is 6.07 Å². The maximum Gasteiger partial charge on any atom is 0.289 e. The number of phenolic OH excluding ortho intramolecular Hbond substituents is 1. The van der Waals surface area contributed by atoms with E-state index in [9.17, 15) is 9.90 Å². The fraction of sp³-hybridized carbons (Fsp3) is 0.0870. The van der Waals surface area contributed by atoms with Gasteiger partial charge in [-0.05, 0) is 35.2 Å². The Morgan fingerprint density at radius 1 is 1.07 bits per heavy atom. The van der Waals surface area contributed by atoms with Gasteiger partial charge in [-0.2, -0.15) is 10.2 Å². The van der Waals surface area contributed by atoms with Crippen LogP contribution in [0.15, 0.2) is 65.8 Å². The second-order valence-electron chi connectivity index (χ2n) is 7.00. The molecule has 1 aliphatic carbocycles. The summed E-state index contributed by atoms with van der Waals surface area (Å²) in [6.45, 7) is 0. The van der Waals surface area contributed by atoms with Crippen LogP contribution in [0.2, 0.25) is 0 Å². The number of H-pyrrole nitrogens is 1. The monoisotopic (exact) mass is 382 g/mol. The van der Waals surface area contributed by atoms with Gasteiger partial charge in [0, 0.05) is 16.7 Å². The van der Waals surface area contributed by atoms with Crippen LogP contribution in [0.3, 0.4) is 0 Å². The molecule has 1 heterocycles. The average molecular weight is 382 g/mol. The summed E-state index contributed by atoms with van der Waals surface area (Å²) in [7, 11) is 0. The number of rotatable bonds is 3. The highest BCUT2D eigenvalue weighted by molar-refractivity contribution is 6.03. The van der Waals surface area contributed by atoms with Crippen LogP contribution < -0.4 is 5.43 Å². The minimum atomic E-state index is -0.353. The van der Waals surface area contributed by atoms with Gasteiger partial charge in [0.25, 0.3) is 5.91 Å². The van der Waals surface area contributed by atoms with E-state index in [2.05, 4.69) is 26.8 Å². The van der Waals surface area contributed by atoms with Crippen LogP contribution in [0.4, 0.5) is 0 Å². The Bertz CT molecular complexity index is 1270. The molecule has 0 bridgehead atoms. The molecule has 0 atom stereocenters. The number of amides is 1. The number of fused-ring (bicyclic) bond motifs is 4. The molecule has 0 unspecified atom stereocenters. The van der Waals surface area contributed by atoms with Crippen LogP contribution in [0.25, 0.3) is 22.0 Å². The zero-order valence-electron chi connectivity index (χ0n) is 15.5. The summed E-state index contributed by atoms with van der Waals surface area (Å²) >= 11 is 0. The molecule has 0 saturated carbocycles. The maximum atomic E-state index is 12.7. The maximum absolute atomic E-state index is 12.7. The third-order valence-corrected chi connectivity index (χ3v) is 5.32. The lowest BCUT2D eigenvalue weighted by Gasteiger charge is -2.15. The molecule has 4 aromatic rings. The topological polar surface area (TPSA) is 90.4 Å². The highest BCUT2D eigenvalue weighted by atomic mass is 16.3. The molecule has 0 saturated heterocycles. The van der Waals surface area contributed by atoms with Crippen molar-refractivity contribution >= 4 is 22.9 Å². The standard InChI is InChI=1S/C23H18N4O2/c28-20-12-10-14-5-1-3-7-16(14)19(20)13-24-27-23(29)22-18-11-9-15-6-2-4-8-17(15)21(18)25-26-22/h1-8,10,12-13,28H,9,11H2,(H,25,26)(H,27,29). The molecule has 0 spiro atoms. The fourth-order valence-electron chi connectivity index (χ4n) is 3.88. The molecule has 0 fully saturated rings. The Hall–Kier alpha value is -3.93. The van der Waals surface area contributed by atoms with Crippen molar-refractivity contribution in [1.29, 1.82) is 0 Å². The molecule has 0 radical (unpaired) electrons. The first-order valence-electron chi connectivity index (χ1n) is 9.42. The van der Waals surface area contributed by atoms with Gasteiger partial charge >= 0.3 is 0 Å². The lowest BCUT2D eigenvalue weighted by molar-refractivity contribution is 0.0949. The van der Waals surface area contributed by atoms with Gasteiger partial charge in [0.15, 0.2) is 0 Å². The van der Waals surface area contributed by atoms with Crippen molar-refractivity contribution < 1.29 is 9.90 Å². The number of aromatic amines is 1. The minimum Gasteiger partial charge on any atom is -0.507 e. The van der Waals surface area contributed by atoms with E-state index >= 15 is 0 Å². The van der Waals surface area contributed by atoms with E-state index in [4.69, 9.17) is 0 Å². The van der Waals surface area contributed by atoms with Crippen molar-refractivity contribution in [2.45, 2.75) is 12.8 Å². The van der Waals surface area contributed by atoms with E-state index in [1.807, 2.05) is 48.5 Å². The molecular weight excluding hydrogens is 364 g/mol. The van der Waals surface area contributed by atoms with Crippen LogP contribution in [-0.2, 0) is 12.8 Å². The highest BCUT2D eigenvalue weighted by Gasteiger charge is 2.24. The summed E-state index contributed by atoms with van der Waals surface area (Å²) in [4.78, 5) is 12.7. The van der Waals surface area contributed by atoms with E-state index < -0.39 is 0 Å². The minimum absolute atomic E-state index is 0.109. The van der Waals surface area contributed by atoms with Crippen LogP contribution in [0, 0.1) is 0 Å². The molecule has 3 aromatic carbocycles. The Morgan fingerprint density at radius 3 is 2.83 bits per heavy atom. The number of aromatic nitrogens is 2. The second-order valence-corrected chi connectivity index (χ2v) is 7.00. The van der Waals surface area contributed by atoms with Crippen LogP contribution >= 0.6 is 0 Å². The molecule has 3 N–H and O–H groups in total. The first-order valence-corrected chi connectivity index (χ1v) is 9.42. The van der Waals surface area contributed by atoms with Crippen molar-refractivity contribution in [3.8, 4) is 17.0 Å². The average Bonchev–Trinajstić information content (AvgIpc) is 3.20. The van der Waals surface area contributed by atoms with Gasteiger partial charge in [-0.15, -0.1) is 0 Å². The van der Waals surface area contributed by atoms with Crippen LogP contribution in [0.1, 0.15) is 27.2 Å². The van der Waals surface area contributed by atoms with Gasteiger partial charge in [0.1, 0.15) is 11.4 Å². The molecular formula is C23H18N4O2. The normalized spacial score (nSPS) is 12.7. The molecule has 1 aromatic heterocycles. The molecule has 5 rings (SSSR count). The summed E-state index contributed by atoms with van der Waals surface area (Å²) in [5.74, 6) is -0.244. The van der Waals surface area contributed by atoms with Crippen molar-refractivity contribution in [1.82, 2.24) is 15.6 Å². The lowest BCUT2D eigenvalue weighted by Crippen LogP contribution is -2.20. The van der Waals surface area contributed by atoms with Crippen molar-refractivity contribution in [3.63, 3.8) is 0 Å². The smallest absolute Gasteiger partial charge is 0.289 e. The Kier molecular flexibility index (Phi) is 4.09. The quantitative estimate of drug-likeness (QED) is 0.372. The number of phenols is 1. The number of hydrogen-bond acceptors (Lipinski definition) is 4. The number of hydrazone groups is 1. The van der Waals surface area contributed by atoms with Crippen molar-refractivity contribution in [2.24, 2.45) is 5.10 Å². The van der Waals surface area contributed by atoms with Crippen molar-refractivity contribution in [3.05, 3.63) is 83.0 Å². The van der Waals surface area contributed by atoms with E-state index in [0.717, 1.165) is 40.4 Å². The van der Waals surface area contributed by atoms with E-state index in [1.165, 1.54) is 11.8 Å². The number of hydrogen-bond donors (Lipinski definition) is 3. The summed E-state index contributed by atoms with van der Waals surface area (Å²) in [5.41, 5.74) is 7.57. The summed E-state index contributed by atoms with van der Waals surface area (Å²) in [5, 5.41) is 23.3. The Morgan fingerprint density at radius 2 is 1.90 bits per heavy atom. The Balaban J connectivity index is 1.41. The van der Waals surface area contributed by atoms with Gasteiger partial charge in [0.2, 0.25) is 0 Å². The lowest BCUT2D eigenvalue weighted by atomic mass is 9.89. The first kappa shape index (κ1) is 17.2. The zero-order valence-corrected chi connectivity index (χ0v) is 15.5. The summed E-state index contributed by atoms with van der Waals surface area (Å²) in [6, 6.07) is 19.3. The predicted molar refractivity (Wildman–Crippen MR) is 112 cm³/mol. The molecule has 1 amide bonds. The highest BCUT2D eigenvalue weighted by Crippen LogP contribution is 2.33. The fourth-order valence-corrected chi connectivity index (χ4v) is 3.88. The van der Waals surface area contributed by atoms with Crippen molar-refractivity contribution in [2.75, 3.05) is 0 Å². The number of aromatic hydroxyl groups is 1. The number of nitrogens with one attached hydrogen (secondary N) is 2. The first-order chi connectivity index (χ1) is 14.2. The molecule has 0 aliphatic heterocycles. The number of nitrogens with zero attached hydrogens (tertiary/aromatic N) is 2. The third-order valence-electron chi connectivity index (χ3n) is 5.32. The van der Waals surface area contributed by atoms with Gasteiger partial charge < -0.3 is 5.11 Å². The number of benzene rings is 3. The van der Waals surface area contributed by atoms with Crippen LogP contribution in [0.5, 0.6) is 5.75 Å². The number of aryl methyl sites for hydroxylation is 1. The summed E-state index contributed by atoms with van der Waals surface area (Å²) < 4.78 is 0. The van der Waals surface area contributed by atoms with E-state index in [-0.39, 0.29) is 11.7 Å². The number of carbonyl (C=O) groups excluding carboxylic acids is 1. The second kappa shape index (κ2) is 6.91. The Labute approximate surface area is 166 Å². The summed E-state index contributed by atoms with van der Waals surface area (Å²) in [6.07, 6.45) is 3.09. The van der Waals surface area contributed by atoms with Crippen LogP contribution in [-0.4, -0.2) is 27.4 Å². The van der Waals surface area contributed by atoms with Gasteiger partial charge in [0.05, 0.1) is 11.9 Å². The molecule has 6 heteroatoms. The molecule has 29 heavy (non-hydrogen) atoms. The largest absolute Gasteiger partial charge is 0.507 e. The number of carbonyl (C=O) groups is 1. The molecule has 142 valence electrons. The van der Waals surface area contributed by atoms with E-state index in [0.29, 0.717) is 11.3 Å². The zero-order chi connectivity index (χ0) is 19.8. The molecule has 1 aliphatic rings. The van der Waals surface area contributed by atoms with Gasteiger partial charge in [-0.25, -0.2) is 5.43 Å². The van der Waals surface area contributed by atoms with Gasteiger partial charge in [-0.1, -0.05) is 54.6 Å². The predicted octanol–water partition coefficient (Wildman–Crippen LogP) is 3.80. The SMILES string of the molecule is O=C(NN=Cc1c(O)ccc2ccccc12)c1[nH]nc2c1CCc1ccccc1-2. The molecule has 6 nitrogen and oxygen atoms in total. The van der Waals surface area contributed by atoms with Gasteiger partial charge in [-0.3, -0.25) is 9.89 Å².